The lowest BCUT2D eigenvalue weighted by molar-refractivity contribution is 0.0696. The SMILES string of the molecule is O=C(O)c1ccc2c(c1)OC=CO2. The van der Waals surface area contributed by atoms with E-state index < -0.39 is 5.97 Å². The molecule has 1 aromatic carbocycles. The second-order valence-corrected chi connectivity index (χ2v) is 2.47. The van der Waals surface area contributed by atoms with Gasteiger partial charge in [0.05, 0.1) is 5.56 Å². The predicted molar refractivity (Wildman–Crippen MR) is 43.8 cm³/mol. The van der Waals surface area contributed by atoms with Crippen LogP contribution in [0.5, 0.6) is 11.5 Å². The number of benzene rings is 1. The number of carboxylic acid groups (broad SMARTS) is 1. The molecule has 1 aromatic rings. The van der Waals surface area contributed by atoms with Crippen LogP contribution in [0, 0.1) is 0 Å². The molecule has 0 bridgehead atoms. The standard InChI is InChI=1S/C9H6O4/c10-9(11)6-1-2-7-8(5-6)13-4-3-12-7/h1-5H,(H,10,11). The Morgan fingerprint density at radius 2 is 1.85 bits per heavy atom. The average molecular weight is 178 g/mol. The van der Waals surface area contributed by atoms with E-state index in [9.17, 15) is 4.79 Å². The molecular weight excluding hydrogens is 172 g/mol. The van der Waals surface area contributed by atoms with Gasteiger partial charge in [-0.2, -0.15) is 0 Å². The highest BCUT2D eigenvalue weighted by atomic mass is 16.5. The molecule has 0 saturated heterocycles. The Morgan fingerprint density at radius 1 is 1.15 bits per heavy atom. The first kappa shape index (κ1) is 7.67. The zero-order valence-corrected chi connectivity index (χ0v) is 6.56. The number of aromatic carboxylic acids is 1. The molecule has 0 unspecified atom stereocenters. The van der Waals surface area contributed by atoms with Gasteiger partial charge in [0.2, 0.25) is 0 Å². The van der Waals surface area contributed by atoms with E-state index in [-0.39, 0.29) is 5.56 Å². The van der Waals surface area contributed by atoms with E-state index >= 15 is 0 Å². The third-order valence-corrected chi connectivity index (χ3v) is 1.64. The fourth-order valence-corrected chi connectivity index (χ4v) is 1.03. The van der Waals surface area contributed by atoms with Gasteiger partial charge in [-0.1, -0.05) is 0 Å². The Bertz CT molecular complexity index is 381. The van der Waals surface area contributed by atoms with Crippen LogP contribution in [-0.4, -0.2) is 11.1 Å². The van der Waals surface area contributed by atoms with Crippen molar-refractivity contribution in [2.24, 2.45) is 0 Å². The maximum Gasteiger partial charge on any atom is 0.335 e. The van der Waals surface area contributed by atoms with Crippen LogP contribution in [0.2, 0.25) is 0 Å². The van der Waals surface area contributed by atoms with Gasteiger partial charge in [-0.15, -0.1) is 0 Å². The molecule has 1 aliphatic heterocycles. The summed E-state index contributed by atoms with van der Waals surface area (Å²) in [5, 5.41) is 8.67. The van der Waals surface area contributed by atoms with Crippen molar-refractivity contribution in [2.75, 3.05) is 0 Å². The first-order chi connectivity index (χ1) is 6.27. The first-order valence-electron chi connectivity index (χ1n) is 3.63. The van der Waals surface area contributed by atoms with Crippen LogP contribution in [0.25, 0.3) is 0 Å². The molecule has 13 heavy (non-hydrogen) atoms. The molecule has 0 aliphatic carbocycles. The van der Waals surface area contributed by atoms with Crippen LogP contribution in [0.3, 0.4) is 0 Å². The molecule has 4 heteroatoms. The molecule has 66 valence electrons. The molecule has 0 saturated carbocycles. The Balaban J connectivity index is 2.44. The lowest BCUT2D eigenvalue weighted by Gasteiger charge is -2.11. The van der Waals surface area contributed by atoms with Crippen molar-refractivity contribution < 1.29 is 19.4 Å². The molecule has 0 atom stereocenters. The predicted octanol–water partition coefficient (Wildman–Crippen LogP) is 1.63. The van der Waals surface area contributed by atoms with Crippen molar-refractivity contribution in [2.45, 2.75) is 0 Å². The highest BCUT2D eigenvalue weighted by Gasteiger charge is 2.11. The summed E-state index contributed by atoms with van der Waals surface area (Å²) in [7, 11) is 0. The van der Waals surface area contributed by atoms with Gasteiger partial charge in [0.15, 0.2) is 11.5 Å². The number of hydrogen-bond acceptors (Lipinski definition) is 3. The van der Waals surface area contributed by atoms with Crippen molar-refractivity contribution in [3.05, 3.63) is 36.3 Å². The normalized spacial score (nSPS) is 12.6. The van der Waals surface area contributed by atoms with E-state index in [1.54, 1.807) is 6.07 Å². The minimum absolute atomic E-state index is 0.178. The van der Waals surface area contributed by atoms with Crippen LogP contribution in [0.1, 0.15) is 10.4 Å². The summed E-state index contributed by atoms with van der Waals surface area (Å²) in [6.45, 7) is 0. The Morgan fingerprint density at radius 3 is 2.54 bits per heavy atom. The summed E-state index contributed by atoms with van der Waals surface area (Å²) >= 11 is 0. The summed E-state index contributed by atoms with van der Waals surface area (Å²) in [4.78, 5) is 10.6. The Labute approximate surface area is 74.0 Å². The summed E-state index contributed by atoms with van der Waals surface area (Å²) in [6, 6.07) is 4.44. The van der Waals surface area contributed by atoms with Crippen molar-refractivity contribution in [3.8, 4) is 11.5 Å². The van der Waals surface area contributed by atoms with E-state index in [0.29, 0.717) is 11.5 Å². The molecule has 1 N–H and O–H groups in total. The number of ether oxygens (including phenoxy) is 2. The van der Waals surface area contributed by atoms with Gasteiger partial charge in [-0.3, -0.25) is 0 Å². The molecule has 4 nitrogen and oxygen atoms in total. The summed E-state index contributed by atoms with van der Waals surface area (Å²) in [6.07, 6.45) is 2.75. The van der Waals surface area contributed by atoms with Gasteiger partial charge in [-0.25, -0.2) is 4.79 Å². The van der Waals surface area contributed by atoms with Gasteiger partial charge in [-0.05, 0) is 18.2 Å². The zero-order chi connectivity index (χ0) is 9.26. The molecule has 1 heterocycles. The lowest BCUT2D eigenvalue weighted by atomic mass is 10.2. The van der Waals surface area contributed by atoms with E-state index in [1.807, 2.05) is 0 Å². The smallest absolute Gasteiger partial charge is 0.335 e. The number of carboxylic acids is 1. The third kappa shape index (κ3) is 1.33. The number of carbonyl (C=O) groups is 1. The maximum absolute atomic E-state index is 10.6. The minimum atomic E-state index is -0.985. The Hall–Kier alpha value is -1.97. The molecule has 0 aromatic heterocycles. The zero-order valence-electron chi connectivity index (χ0n) is 6.56. The van der Waals surface area contributed by atoms with Crippen LogP contribution in [0.4, 0.5) is 0 Å². The van der Waals surface area contributed by atoms with E-state index in [0.717, 1.165) is 0 Å². The molecule has 0 amide bonds. The third-order valence-electron chi connectivity index (χ3n) is 1.64. The van der Waals surface area contributed by atoms with Crippen LogP contribution < -0.4 is 9.47 Å². The minimum Gasteiger partial charge on any atom is -0.478 e. The number of rotatable bonds is 1. The quantitative estimate of drug-likeness (QED) is 0.710. The van der Waals surface area contributed by atoms with E-state index in [1.165, 1.54) is 24.7 Å². The maximum atomic E-state index is 10.6. The number of hydrogen-bond donors (Lipinski definition) is 1. The number of fused-ring (bicyclic) bond motifs is 1. The highest BCUT2D eigenvalue weighted by molar-refractivity contribution is 5.88. The second kappa shape index (κ2) is 2.82. The fourth-order valence-electron chi connectivity index (χ4n) is 1.03. The topological polar surface area (TPSA) is 55.8 Å². The second-order valence-electron chi connectivity index (χ2n) is 2.47. The lowest BCUT2D eigenvalue weighted by Crippen LogP contribution is -2.00. The highest BCUT2D eigenvalue weighted by Crippen LogP contribution is 2.30. The monoisotopic (exact) mass is 178 g/mol. The molecule has 1 aliphatic rings. The van der Waals surface area contributed by atoms with Crippen molar-refractivity contribution in [1.82, 2.24) is 0 Å². The Kier molecular flexibility index (Phi) is 1.66. The van der Waals surface area contributed by atoms with Gasteiger partial charge < -0.3 is 14.6 Å². The van der Waals surface area contributed by atoms with E-state index in [4.69, 9.17) is 14.6 Å². The first-order valence-corrected chi connectivity index (χ1v) is 3.63. The van der Waals surface area contributed by atoms with Gasteiger partial charge in [0.25, 0.3) is 0 Å². The van der Waals surface area contributed by atoms with E-state index in [2.05, 4.69) is 0 Å². The van der Waals surface area contributed by atoms with Crippen molar-refractivity contribution in [1.29, 1.82) is 0 Å². The van der Waals surface area contributed by atoms with Crippen LogP contribution in [-0.2, 0) is 0 Å². The van der Waals surface area contributed by atoms with Gasteiger partial charge in [0, 0.05) is 0 Å². The largest absolute Gasteiger partial charge is 0.478 e. The molecule has 0 fully saturated rings. The van der Waals surface area contributed by atoms with Crippen LogP contribution in [0.15, 0.2) is 30.7 Å². The summed E-state index contributed by atoms with van der Waals surface area (Å²) in [5.41, 5.74) is 0.178. The fraction of sp³-hybridized carbons (Fsp3) is 0. The summed E-state index contributed by atoms with van der Waals surface area (Å²) < 4.78 is 10.1. The van der Waals surface area contributed by atoms with Gasteiger partial charge in [0.1, 0.15) is 12.5 Å². The summed E-state index contributed by atoms with van der Waals surface area (Å²) in [5.74, 6) is -0.0455. The van der Waals surface area contributed by atoms with Crippen molar-refractivity contribution >= 4 is 5.97 Å². The molecule has 0 radical (unpaired) electrons. The average Bonchev–Trinajstić information content (AvgIpc) is 2.17. The van der Waals surface area contributed by atoms with Gasteiger partial charge >= 0.3 is 5.97 Å². The molecular formula is C9H6O4. The molecule has 2 rings (SSSR count). The van der Waals surface area contributed by atoms with Crippen molar-refractivity contribution in [3.63, 3.8) is 0 Å². The molecule has 0 spiro atoms. The van der Waals surface area contributed by atoms with Crippen LogP contribution >= 0.6 is 0 Å².